The summed E-state index contributed by atoms with van der Waals surface area (Å²) in [6.07, 6.45) is 3.35. The number of nitrogens with one attached hydrogen (secondary N) is 1. The second kappa shape index (κ2) is 6.69. The fourth-order valence-corrected chi connectivity index (χ4v) is 3.93. The number of hydrogen-bond acceptors (Lipinski definition) is 2. The predicted molar refractivity (Wildman–Crippen MR) is 102 cm³/mol. The Labute approximate surface area is 161 Å². The molecule has 3 nitrogen and oxygen atoms in total. The van der Waals surface area contributed by atoms with Gasteiger partial charge in [0.05, 0.1) is 7.11 Å². The summed E-state index contributed by atoms with van der Waals surface area (Å²) in [5.74, 6) is 0.864. The number of amides is 1. The molecule has 5 heteroatoms. The van der Waals surface area contributed by atoms with Crippen molar-refractivity contribution in [2.45, 2.75) is 37.1 Å². The summed E-state index contributed by atoms with van der Waals surface area (Å²) in [4.78, 5) is 12.7. The second-order valence-corrected chi connectivity index (χ2v) is 8.32. The van der Waals surface area contributed by atoms with Gasteiger partial charge in [0, 0.05) is 15.9 Å². The Balaban J connectivity index is 1.41. The van der Waals surface area contributed by atoms with Crippen molar-refractivity contribution in [2.75, 3.05) is 7.11 Å². The Morgan fingerprint density at radius 3 is 2.65 bits per heavy atom. The Kier molecular flexibility index (Phi) is 4.51. The molecular formula is C21H21BrFNO2. The monoisotopic (exact) mass is 417 g/mol. The lowest BCUT2D eigenvalue weighted by atomic mass is 10.0. The number of ether oxygens (including phenoxy) is 1. The van der Waals surface area contributed by atoms with Gasteiger partial charge in [-0.15, -0.1) is 0 Å². The van der Waals surface area contributed by atoms with Gasteiger partial charge >= 0.3 is 0 Å². The third-order valence-corrected chi connectivity index (χ3v) is 5.97. The van der Waals surface area contributed by atoms with E-state index in [0.29, 0.717) is 18.1 Å². The van der Waals surface area contributed by atoms with Gasteiger partial charge in [0.2, 0.25) is 5.91 Å². The lowest BCUT2D eigenvalue weighted by Gasteiger charge is -2.19. The molecule has 1 N–H and O–H groups in total. The van der Waals surface area contributed by atoms with E-state index in [4.69, 9.17) is 4.74 Å². The third kappa shape index (κ3) is 3.63. The average Bonchev–Trinajstić information content (AvgIpc) is 3.52. The van der Waals surface area contributed by atoms with Crippen LogP contribution in [0.1, 0.15) is 36.3 Å². The second-order valence-electron chi connectivity index (χ2n) is 7.40. The van der Waals surface area contributed by atoms with Crippen molar-refractivity contribution in [3.8, 4) is 5.75 Å². The summed E-state index contributed by atoms with van der Waals surface area (Å²) in [5, 5.41) is 3.23. The molecule has 0 aliphatic heterocycles. The van der Waals surface area contributed by atoms with E-state index in [2.05, 4.69) is 33.4 Å². The third-order valence-electron chi connectivity index (χ3n) is 5.44. The van der Waals surface area contributed by atoms with Crippen LogP contribution in [0.15, 0.2) is 46.9 Å². The fourth-order valence-electron chi connectivity index (χ4n) is 3.66. The zero-order valence-corrected chi connectivity index (χ0v) is 16.2. The van der Waals surface area contributed by atoms with E-state index in [1.165, 1.54) is 17.7 Å². The highest BCUT2D eigenvalue weighted by Crippen LogP contribution is 2.49. The van der Waals surface area contributed by atoms with Gasteiger partial charge in [-0.1, -0.05) is 28.1 Å². The van der Waals surface area contributed by atoms with Gasteiger partial charge in [0.15, 0.2) is 0 Å². The molecule has 0 heterocycles. The van der Waals surface area contributed by atoms with Gasteiger partial charge in [-0.05, 0) is 73.1 Å². The molecule has 0 aromatic heterocycles. The summed E-state index contributed by atoms with van der Waals surface area (Å²) in [5.41, 5.74) is 1.78. The first-order chi connectivity index (χ1) is 12.5. The lowest BCUT2D eigenvalue weighted by molar-refractivity contribution is -0.123. The van der Waals surface area contributed by atoms with Crippen LogP contribution in [0.2, 0.25) is 0 Å². The molecule has 0 unspecified atom stereocenters. The van der Waals surface area contributed by atoms with Gasteiger partial charge in [0.25, 0.3) is 0 Å². The zero-order chi connectivity index (χ0) is 18.3. The van der Waals surface area contributed by atoms with Crippen molar-refractivity contribution in [3.63, 3.8) is 0 Å². The van der Waals surface area contributed by atoms with E-state index in [-0.39, 0.29) is 23.2 Å². The van der Waals surface area contributed by atoms with Crippen LogP contribution in [0.4, 0.5) is 4.39 Å². The molecule has 2 fully saturated rings. The number of benzene rings is 2. The van der Waals surface area contributed by atoms with Crippen LogP contribution in [0.25, 0.3) is 0 Å². The Morgan fingerprint density at radius 1 is 1.27 bits per heavy atom. The molecule has 2 saturated carbocycles. The quantitative estimate of drug-likeness (QED) is 0.745. The molecule has 2 aromatic rings. The van der Waals surface area contributed by atoms with Gasteiger partial charge < -0.3 is 10.1 Å². The highest BCUT2D eigenvalue weighted by atomic mass is 79.9. The van der Waals surface area contributed by atoms with Gasteiger partial charge in [-0.25, -0.2) is 4.39 Å². The van der Waals surface area contributed by atoms with E-state index in [9.17, 15) is 9.18 Å². The standard InChI is InChI=1S/C21H21BrFNO2/c1-26-19-7-6-16(23)10-14(19)12-21(8-9-21)24-20(25)18-11-17(18)13-2-4-15(22)5-3-13/h2-7,10,17-18H,8-9,11-12H2,1H3,(H,24,25)/t17-,18+/m0/s1. The van der Waals surface area contributed by atoms with Crippen LogP contribution in [0.3, 0.4) is 0 Å². The van der Waals surface area contributed by atoms with E-state index < -0.39 is 0 Å². The summed E-state index contributed by atoms with van der Waals surface area (Å²) >= 11 is 3.44. The van der Waals surface area contributed by atoms with Gasteiger partial charge in [-0.3, -0.25) is 4.79 Å². The van der Waals surface area contributed by atoms with Crippen LogP contribution in [0, 0.1) is 11.7 Å². The molecule has 0 saturated heterocycles. The van der Waals surface area contributed by atoms with Crippen molar-refractivity contribution < 1.29 is 13.9 Å². The van der Waals surface area contributed by atoms with E-state index >= 15 is 0 Å². The molecule has 0 spiro atoms. The van der Waals surface area contributed by atoms with Crippen LogP contribution < -0.4 is 10.1 Å². The molecular weight excluding hydrogens is 397 g/mol. The highest BCUT2D eigenvalue weighted by Gasteiger charge is 2.50. The molecule has 0 radical (unpaired) electrons. The lowest BCUT2D eigenvalue weighted by Crippen LogP contribution is -2.39. The maximum atomic E-state index is 13.6. The first kappa shape index (κ1) is 17.5. The maximum Gasteiger partial charge on any atom is 0.224 e. The fraction of sp³-hybridized carbons (Fsp3) is 0.381. The van der Waals surface area contributed by atoms with Crippen LogP contribution in [0.5, 0.6) is 5.75 Å². The summed E-state index contributed by atoms with van der Waals surface area (Å²) in [6, 6.07) is 12.7. The number of carbonyl (C=O) groups is 1. The van der Waals surface area contributed by atoms with Crippen molar-refractivity contribution in [1.82, 2.24) is 5.32 Å². The number of rotatable bonds is 6. The molecule has 2 atom stereocenters. The molecule has 2 aliphatic rings. The topological polar surface area (TPSA) is 38.3 Å². The molecule has 2 aliphatic carbocycles. The molecule has 136 valence electrons. The Hall–Kier alpha value is -1.88. The molecule has 2 aromatic carbocycles. The largest absolute Gasteiger partial charge is 0.496 e. The Morgan fingerprint density at radius 2 is 2.00 bits per heavy atom. The summed E-state index contributed by atoms with van der Waals surface area (Å²) in [7, 11) is 1.59. The van der Waals surface area contributed by atoms with Gasteiger partial charge in [0.1, 0.15) is 11.6 Å². The molecule has 4 rings (SSSR count). The number of hydrogen-bond donors (Lipinski definition) is 1. The first-order valence-electron chi connectivity index (χ1n) is 8.90. The van der Waals surface area contributed by atoms with Crippen LogP contribution in [-0.4, -0.2) is 18.6 Å². The van der Waals surface area contributed by atoms with E-state index in [1.54, 1.807) is 13.2 Å². The van der Waals surface area contributed by atoms with Gasteiger partial charge in [-0.2, -0.15) is 0 Å². The molecule has 1 amide bonds. The molecule has 0 bridgehead atoms. The van der Waals surface area contributed by atoms with E-state index in [1.807, 2.05) is 12.1 Å². The normalized spacial score (nSPS) is 22.6. The van der Waals surface area contributed by atoms with Crippen molar-refractivity contribution in [1.29, 1.82) is 0 Å². The highest BCUT2D eigenvalue weighted by molar-refractivity contribution is 9.10. The average molecular weight is 418 g/mol. The van der Waals surface area contributed by atoms with Crippen LogP contribution >= 0.6 is 15.9 Å². The zero-order valence-electron chi connectivity index (χ0n) is 14.6. The first-order valence-corrected chi connectivity index (χ1v) is 9.69. The Bertz CT molecular complexity index is 832. The predicted octanol–water partition coefficient (Wildman–Crippen LogP) is 4.59. The summed E-state index contributed by atoms with van der Waals surface area (Å²) < 4.78 is 20.0. The smallest absolute Gasteiger partial charge is 0.224 e. The summed E-state index contributed by atoms with van der Waals surface area (Å²) in [6.45, 7) is 0. The van der Waals surface area contributed by atoms with Crippen molar-refractivity contribution in [3.05, 3.63) is 63.9 Å². The minimum Gasteiger partial charge on any atom is -0.496 e. The van der Waals surface area contributed by atoms with Crippen LogP contribution in [-0.2, 0) is 11.2 Å². The van der Waals surface area contributed by atoms with Crippen molar-refractivity contribution >= 4 is 21.8 Å². The minimum atomic E-state index is -0.277. The molecule has 26 heavy (non-hydrogen) atoms. The number of methoxy groups -OCH3 is 1. The number of halogens is 2. The van der Waals surface area contributed by atoms with Crippen molar-refractivity contribution in [2.24, 2.45) is 5.92 Å². The SMILES string of the molecule is COc1ccc(F)cc1CC1(NC(=O)[C@@H]2C[C@H]2c2ccc(Br)cc2)CC1. The number of carbonyl (C=O) groups excluding carboxylic acids is 1. The minimum absolute atomic E-state index is 0.0445. The van der Waals surface area contributed by atoms with E-state index in [0.717, 1.165) is 29.3 Å². The maximum absolute atomic E-state index is 13.6.